The topological polar surface area (TPSA) is 38.7 Å². The van der Waals surface area contributed by atoms with Crippen LogP contribution in [-0.2, 0) is 0 Å². The van der Waals surface area contributed by atoms with E-state index in [2.05, 4.69) is 153 Å². The SMILES string of the molecule is CC1C=CC=CC1c1nc(-c2cccc(-c3ccc4c5ccccc5c5ccccc5c4c3)c2)nc(C2C=CC=CC2C)n1. The molecular formula is C41H33N3. The lowest BCUT2D eigenvalue weighted by Gasteiger charge is -2.23. The van der Waals surface area contributed by atoms with E-state index in [-0.39, 0.29) is 11.8 Å². The van der Waals surface area contributed by atoms with Crippen LogP contribution in [0.1, 0.15) is 37.3 Å². The third-order valence-corrected chi connectivity index (χ3v) is 9.29. The number of rotatable bonds is 4. The molecule has 1 heterocycles. The Morgan fingerprint density at radius 1 is 0.409 bits per heavy atom. The van der Waals surface area contributed by atoms with Crippen LogP contribution in [0.4, 0.5) is 0 Å². The fourth-order valence-electron chi connectivity index (χ4n) is 6.84. The molecule has 3 heteroatoms. The first-order chi connectivity index (χ1) is 21.6. The molecule has 0 saturated heterocycles. The highest BCUT2D eigenvalue weighted by Gasteiger charge is 2.26. The summed E-state index contributed by atoms with van der Waals surface area (Å²) >= 11 is 0. The standard InChI is InChI=1S/C41H33N3/c1-26-12-3-5-16-31(26)40-42-39(43-41(44-40)32-17-6-4-13-27(32)2)30-15-11-14-28(24-30)29-22-23-37-35-20-8-7-18-33(35)34-19-9-10-21-36(34)38(37)25-29/h3-27,31-32H,1-2H3. The maximum Gasteiger partial charge on any atom is 0.163 e. The molecule has 5 aromatic carbocycles. The van der Waals surface area contributed by atoms with Crippen LogP contribution in [0, 0.1) is 11.8 Å². The van der Waals surface area contributed by atoms with Gasteiger partial charge in [0, 0.05) is 17.4 Å². The summed E-state index contributed by atoms with van der Waals surface area (Å²) in [6.45, 7) is 4.46. The Bertz CT molecular complexity index is 2100. The van der Waals surface area contributed by atoms with Crippen LogP contribution in [0.2, 0.25) is 0 Å². The first kappa shape index (κ1) is 26.5. The van der Waals surface area contributed by atoms with Crippen molar-refractivity contribution in [2.45, 2.75) is 25.7 Å². The Balaban J connectivity index is 1.27. The number of hydrogen-bond acceptors (Lipinski definition) is 3. The Kier molecular flexibility index (Phi) is 6.52. The number of aromatic nitrogens is 3. The quantitative estimate of drug-likeness (QED) is 0.199. The van der Waals surface area contributed by atoms with Gasteiger partial charge >= 0.3 is 0 Å². The van der Waals surface area contributed by atoms with Crippen molar-refractivity contribution in [3.05, 3.63) is 151 Å². The summed E-state index contributed by atoms with van der Waals surface area (Å²) in [5, 5.41) is 7.68. The Morgan fingerprint density at radius 3 is 1.45 bits per heavy atom. The molecule has 0 bridgehead atoms. The van der Waals surface area contributed by atoms with Crippen LogP contribution in [0.15, 0.2) is 140 Å². The molecule has 4 unspecified atom stereocenters. The first-order valence-electron chi connectivity index (χ1n) is 15.5. The van der Waals surface area contributed by atoms with Gasteiger partial charge in [-0.1, -0.05) is 141 Å². The van der Waals surface area contributed by atoms with Crippen molar-refractivity contribution in [1.82, 2.24) is 15.0 Å². The lowest BCUT2D eigenvalue weighted by Crippen LogP contribution is -2.18. The molecule has 3 nitrogen and oxygen atoms in total. The van der Waals surface area contributed by atoms with Crippen molar-refractivity contribution in [3.63, 3.8) is 0 Å². The molecule has 0 fully saturated rings. The number of fused-ring (bicyclic) bond motifs is 6. The predicted molar refractivity (Wildman–Crippen MR) is 184 cm³/mol. The van der Waals surface area contributed by atoms with Crippen molar-refractivity contribution >= 4 is 32.3 Å². The Labute approximate surface area is 258 Å². The maximum absolute atomic E-state index is 5.11. The van der Waals surface area contributed by atoms with E-state index in [9.17, 15) is 0 Å². The van der Waals surface area contributed by atoms with E-state index < -0.39 is 0 Å². The van der Waals surface area contributed by atoms with Crippen LogP contribution in [0.3, 0.4) is 0 Å². The fourth-order valence-corrected chi connectivity index (χ4v) is 6.84. The number of allylic oxidation sites excluding steroid dienone is 8. The van der Waals surface area contributed by atoms with Gasteiger partial charge in [-0.05, 0) is 67.4 Å². The van der Waals surface area contributed by atoms with Crippen molar-refractivity contribution in [2.75, 3.05) is 0 Å². The molecule has 0 radical (unpaired) electrons. The van der Waals surface area contributed by atoms with Crippen molar-refractivity contribution in [3.8, 4) is 22.5 Å². The number of hydrogen-bond donors (Lipinski definition) is 0. The summed E-state index contributed by atoms with van der Waals surface area (Å²) in [7, 11) is 0. The molecule has 4 atom stereocenters. The second kappa shape index (κ2) is 10.8. The average Bonchev–Trinajstić information content (AvgIpc) is 3.08. The highest BCUT2D eigenvalue weighted by molar-refractivity contribution is 6.25. The Morgan fingerprint density at radius 2 is 0.886 bits per heavy atom. The summed E-state index contributed by atoms with van der Waals surface area (Å²) in [5.74, 6) is 3.27. The summed E-state index contributed by atoms with van der Waals surface area (Å²) < 4.78 is 0. The summed E-state index contributed by atoms with van der Waals surface area (Å²) in [6, 6.07) is 33.0. The van der Waals surface area contributed by atoms with Crippen LogP contribution < -0.4 is 0 Å². The number of nitrogens with zero attached hydrogens (tertiary/aromatic N) is 3. The fraction of sp³-hybridized carbons (Fsp3) is 0.146. The van der Waals surface area contributed by atoms with E-state index in [4.69, 9.17) is 15.0 Å². The van der Waals surface area contributed by atoms with Gasteiger partial charge in [0.1, 0.15) is 11.6 Å². The lowest BCUT2D eigenvalue weighted by atomic mass is 9.87. The van der Waals surface area contributed by atoms with Crippen LogP contribution in [0.5, 0.6) is 0 Å². The van der Waals surface area contributed by atoms with Gasteiger partial charge in [0.2, 0.25) is 0 Å². The van der Waals surface area contributed by atoms with Crippen LogP contribution in [-0.4, -0.2) is 15.0 Å². The third kappa shape index (κ3) is 4.57. The molecule has 0 N–H and O–H groups in total. The smallest absolute Gasteiger partial charge is 0.163 e. The van der Waals surface area contributed by atoms with Gasteiger partial charge in [-0.2, -0.15) is 0 Å². The van der Waals surface area contributed by atoms with Gasteiger partial charge in [0.05, 0.1) is 0 Å². The molecule has 8 rings (SSSR count). The minimum atomic E-state index is 0.116. The highest BCUT2D eigenvalue weighted by atomic mass is 15.0. The molecule has 0 amide bonds. The minimum absolute atomic E-state index is 0.116. The monoisotopic (exact) mass is 567 g/mol. The van der Waals surface area contributed by atoms with Gasteiger partial charge in [0.25, 0.3) is 0 Å². The van der Waals surface area contributed by atoms with Crippen molar-refractivity contribution in [1.29, 1.82) is 0 Å². The average molecular weight is 568 g/mol. The first-order valence-corrected chi connectivity index (χ1v) is 15.5. The van der Waals surface area contributed by atoms with E-state index in [0.29, 0.717) is 11.8 Å². The molecule has 2 aliphatic carbocycles. The maximum atomic E-state index is 5.11. The van der Waals surface area contributed by atoms with Gasteiger partial charge < -0.3 is 0 Å². The minimum Gasteiger partial charge on any atom is -0.217 e. The lowest BCUT2D eigenvalue weighted by molar-refractivity contribution is 0.563. The third-order valence-electron chi connectivity index (χ3n) is 9.29. The Hall–Kier alpha value is -5.15. The predicted octanol–water partition coefficient (Wildman–Crippen LogP) is 10.4. The molecule has 1 aromatic heterocycles. The molecule has 6 aromatic rings. The van der Waals surface area contributed by atoms with E-state index in [0.717, 1.165) is 28.6 Å². The second-order valence-corrected chi connectivity index (χ2v) is 12.1. The molecule has 212 valence electrons. The van der Waals surface area contributed by atoms with E-state index in [1.54, 1.807) is 0 Å². The van der Waals surface area contributed by atoms with Crippen LogP contribution >= 0.6 is 0 Å². The van der Waals surface area contributed by atoms with E-state index >= 15 is 0 Å². The largest absolute Gasteiger partial charge is 0.217 e. The van der Waals surface area contributed by atoms with Gasteiger partial charge in [-0.25, -0.2) is 15.0 Å². The molecule has 0 saturated carbocycles. The summed E-state index contributed by atoms with van der Waals surface area (Å²) in [6.07, 6.45) is 17.3. The normalized spacial score (nSPS) is 21.0. The molecule has 0 aliphatic heterocycles. The van der Waals surface area contributed by atoms with Gasteiger partial charge in [-0.15, -0.1) is 0 Å². The molecule has 0 spiro atoms. The van der Waals surface area contributed by atoms with Gasteiger partial charge in [-0.3, -0.25) is 0 Å². The highest BCUT2D eigenvalue weighted by Crippen LogP contribution is 2.38. The molecule has 2 aliphatic rings. The van der Waals surface area contributed by atoms with Gasteiger partial charge in [0.15, 0.2) is 5.82 Å². The number of benzene rings is 5. The summed E-state index contributed by atoms with van der Waals surface area (Å²) in [5.41, 5.74) is 3.33. The molecular weight excluding hydrogens is 534 g/mol. The van der Waals surface area contributed by atoms with E-state index in [1.807, 2.05) is 0 Å². The summed E-state index contributed by atoms with van der Waals surface area (Å²) in [4.78, 5) is 15.3. The van der Waals surface area contributed by atoms with Crippen molar-refractivity contribution < 1.29 is 0 Å². The zero-order valence-electron chi connectivity index (χ0n) is 24.9. The van der Waals surface area contributed by atoms with E-state index in [1.165, 1.54) is 37.9 Å². The molecule has 44 heavy (non-hydrogen) atoms. The van der Waals surface area contributed by atoms with Crippen LogP contribution in [0.25, 0.3) is 54.8 Å². The zero-order chi connectivity index (χ0) is 29.6. The zero-order valence-corrected chi connectivity index (χ0v) is 24.9. The second-order valence-electron chi connectivity index (χ2n) is 12.1. The van der Waals surface area contributed by atoms with Crippen molar-refractivity contribution in [2.24, 2.45) is 11.8 Å².